The van der Waals surface area contributed by atoms with Crippen molar-refractivity contribution in [2.75, 3.05) is 26.2 Å². The van der Waals surface area contributed by atoms with E-state index in [1.165, 1.54) is 0 Å². The first-order valence-electron chi connectivity index (χ1n) is 8.94. The summed E-state index contributed by atoms with van der Waals surface area (Å²) in [7, 11) is 0. The van der Waals surface area contributed by atoms with E-state index in [1.807, 2.05) is 30.3 Å². The number of amides is 2. The molecule has 2 unspecified atom stereocenters. The number of hydrogen-bond acceptors (Lipinski definition) is 5. The van der Waals surface area contributed by atoms with Gasteiger partial charge in [-0.25, -0.2) is 10.2 Å². The Balaban J connectivity index is 1.52. The molecule has 2 fully saturated rings. The third-order valence-electron chi connectivity index (χ3n) is 4.84. The highest BCUT2D eigenvalue weighted by Gasteiger charge is 2.35. The van der Waals surface area contributed by atoms with Crippen LogP contribution in [-0.2, 0) is 9.53 Å². The average molecular weight is 346 g/mol. The zero-order valence-corrected chi connectivity index (χ0v) is 14.5. The zero-order valence-electron chi connectivity index (χ0n) is 14.5. The molecule has 3 N–H and O–H groups in total. The molecule has 0 saturated carbocycles. The highest BCUT2D eigenvalue weighted by molar-refractivity contribution is 5.80. The van der Waals surface area contributed by atoms with Crippen molar-refractivity contribution in [3.8, 4) is 0 Å². The Hall–Kier alpha value is -2.12. The van der Waals surface area contributed by atoms with Crippen molar-refractivity contribution in [1.82, 2.24) is 21.1 Å². The quantitative estimate of drug-likeness (QED) is 0.763. The van der Waals surface area contributed by atoms with Gasteiger partial charge >= 0.3 is 6.09 Å². The molecule has 0 aliphatic carbocycles. The molecular formula is C18H26N4O3. The molecule has 2 heterocycles. The van der Waals surface area contributed by atoms with Crippen molar-refractivity contribution >= 4 is 12.0 Å². The van der Waals surface area contributed by atoms with Crippen LogP contribution in [0.15, 0.2) is 30.3 Å². The number of carbonyl (C=O) groups is 2. The molecule has 25 heavy (non-hydrogen) atoms. The van der Waals surface area contributed by atoms with Gasteiger partial charge < -0.3 is 15.0 Å². The Morgan fingerprint density at radius 3 is 2.64 bits per heavy atom. The third kappa shape index (κ3) is 4.29. The molecule has 3 rings (SSSR count). The molecule has 0 bridgehead atoms. The van der Waals surface area contributed by atoms with Crippen molar-refractivity contribution in [3.05, 3.63) is 35.9 Å². The van der Waals surface area contributed by atoms with E-state index in [0.29, 0.717) is 26.2 Å². The number of rotatable bonds is 4. The summed E-state index contributed by atoms with van der Waals surface area (Å²) in [5.74, 6) is -0.0913. The second-order valence-electron chi connectivity index (χ2n) is 6.49. The first-order chi connectivity index (χ1) is 12.2. The lowest BCUT2D eigenvalue weighted by atomic mass is 9.93. The number of benzene rings is 1. The standard InChI is InChI=1S/C18H26N4O3/c1-2-25-18(24)22-10-8-14(9-11-22)20-17(23)15-12-19-21-16(15)13-6-4-3-5-7-13/h3-7,14-16,19,21H,2,8-12H2,1H3,(H,20,23). The van der Waals surface area contributed by atoms with E-state index >= 15 is 0 Å². The molecule has 2 amide bonds. The van der Waals surface area contributed by atoms with Gasteiger partial charge in [0.2, 0.25) is 5.91 Å². The van der Waals surface area contributed by atoms with Gasteiger partial charge in [0.05, 0.1) is 18.6 Å². The van der Waals surface area contributed by atoms with Crippen LogP contribution in [0.3, 0.4) is 0 Å². The van der Waals surface area contributed by atoms with Gasteiger partial charge in [-0.05, 0) is 25.3 Å². The van der Waals surface area contributed by atoms with Crippen LogP contribution in [-0.4, -0.2) is 49.2 Å². The highest BCUT2D eigenvalue weighted by Crippen LogP contribution is 2.25. The normalized spacial score (nSPS) is 24.1. The van der Waals surface area contributed by atoms with E-state index in [2.05, 4.69) is 16.2 Å². The van der Waals surface area contributed by atoms with Gasteiger partial charge in [-0.15, -0.1) is 0 Å². The monoisotopic (exact) mass is 346 g/mol. The van der Waals surface area contributed by atoms with Crippen LogP contribution in [0.5, 0.6) is 0 Å². The Morgan fingerprint density at radius 2 is 1.96 bits per heavy atom. The molecule has 7 nitrogen and oxygen atoms in total. The van der Waals surface area contributed by atoms with Crippen LogP contribution in [0.4, 0.5) is 4.79 Å². The minimum absolute atomic E-state index is 0.0270. The number of piperidine rings is 1. The van der Waals surface area contributed by atoms with Crippen LogP contribution >= 0.6 is 0 Å². The Bertz CT molecular complexity index is 587. The molecule has 0 radical (unpaired) electrons. The maximum Gasteiger partial charge on any atom is 0.409 e. The van der Waals surface area contributed by atoms with Gasteiger partial charge in [-0.2, -0.15) is 0 Å². The van der Waals surface area contributed by atoms with Crippen molar-refractivity contribution < 1.29 is 14.3 Å². The minimum atomic E-state index is -0.263. The lowest BCUT2D eigenvalue weighted by molar-refractivity contribution is -0.125. The van der Waals surface area contributed by atoms with Crippen LogP contribution in [0.25, 0.3) is 0 Å². The van der Waals surface area contributed by atoms with Crippen LogP contribution in [0.2, 0.25) is 0 Å². The molecule has 2 saturated heterocycles. The summed E-state index contributed by atoms with van der Waals surface area (Å²) in [6, 6.07) is 10.1. The second kappa shape index (κ2) is 8.31. The van der Waals surface area contributed by atoms with Gasteiger partial charge in [0.25, 0.3) is 0 Å². The molecule has 2 atom stereocenters. The van der Waals surface area contributed by atoms with Crippen LogP contribution in [0, 0.1) is 5.92 Å². The van der Waals surface area contributed by atoms with Gasteiger partial charge in [0.15, 0.2) is 0 Å². The average Bonchev–Trinajstić information content (AvgIpc) is 3.13. The topological polar surface area (TPSA) is 82.7 Å². The lowest BCUT2D eigenvalue weighted by Crippen LogP contribution is -2.48. The summed E-state index contributed by atoms with van der Waals surface area (Å²) in [6.07, 6.45) is 1.25. The largest absolute Gasteiger partial charge is 0.450 e. The van der Waals surface area contributed by atoms with Gasteiger partial charge in [-0.3, -0.25) is 10.2 Å². The highest BCUT2D eigenvalue weighted by atomic mass is 16.6. The molecule has 0 aromatic heterocycles. The smallest absolute Gasteiger partial charge is 0.409 e. The number of hydrazine groups is 1. The van der Waals surface area contributed by atoms with E-state index in [1.54, 1.807) is 11.8 Å². The maximum atomic E-state index is 12.7. The summed E-state index contributed by atoms with van der Waals surface area (Å²) in [6.45, 7) is 4.03. The predicted molar refractivity (Wildman–Crippen MR) is 93.6 cm³/mol. The Labute approximate surface area is 148 Å². The van der Waals surface area contributed by atoms with E-state index in [-0.39, 0.29) is 30.0 Å². The predicted octanol–water partition coefficient (Wildman–Crippen LogP) is 1.19. The van der Waals surface area contributed by atoms with Gasteiger partial charge in [-0.1, -0.05) is 30.3 Å². The van der Waals surface area contributed by atoms with Crippen LogP contribution in [0.1, 0.15) is 31.4 Å². The van der Waals surface area contributed by atoms with E-state index in [4.69, 9.17) is 4.74 Å². The number of nitrogens with zero attached hydrogens (tertiary/aromatic N) is 1. The molecule has 2 aliphatic heterocycles. The number of carbonyl (C=O) groups excluding carboxylic acids is 2. The van der Waals surface area contributed by atoms with Crippen molar-refractivity contribution in [2.24, 2.45) is 5.92 Å². The van der Waals surface area contributed by atoms with Crippen molar-refractivity contribution in [1.29, 1.82) is 0 Å². The summed E-state index contributed by atoms with van der Waals surface area (Å²) in [5, 5.41) is 3.15. The fourth-order valence-electron chi connectivity index (χ4n) is 3.45. The number of nitrogens with one attached hydrogen (secondary N) is 3. The first-order valence-corrected chi connectivity index (χ1v) is 8.94. The number of hydrogen-bond donors (Lipinski definition) is 3. The third-order valence-corrected chi connectivity index (χ3v) is 4.84. The van der Waals surface area contributed by atoms with Gasteiger partial charge in [0, 0.05) is 25.7 Å². The summed E-state index contributed by atoms with van der Waals surface area (Å²) in [4.78, 5) is 26.2. The molecule has 2 aliphatic rings. The van der Waals surface area contributed by atoms with E-state index in [9.17, 15) is 9.59 Å². The van der Waals surface area contributed by atoms with E-state index in [0.717, 1.165) is 18.4 Å². The fraction of sp³-hybridized carbons (Fsp3) is 0.556. The van der Waals surface area contributed by atoms with E-state index < -0.39 is 0 Å². The molecular weight excluding hydrogens is 320 g/mol. The van der Waals surface area contributed by atoms with Gasteiger partial charge in [0.1, 0.15) is 0 Å². The van der Waals surface area contributed by atoms with Crippen LogP contribution < -0.4 is 16.2 Å². The molecule has 1 aromatic carbocycles. The Morgan fingerprint density at radius 1 is 1.24 bits per heavy atom. The lowest BCUT2D eigenvalue weighted by Gasteiger charge is -2.32. The Kier molecular flexibility index (Phi) is 5.88. The minimum Gasteiger partial charge on any atom is -0.450 e. The SMILES string of the molecule is CCOC(=O)N1CCC(NC(=O)C2CNNC2c2ccccc2)CC1. The molecule has 7 heteroatoms. The van der Waals surface area contributed by atoms with Crippen molar-refractivity contribution in [3.63, 3.8) is 0 Å². The maximum absolute atomic E-state index is 12.7. The first kappa shape index (κ1) is 17.7. The zero-order chi connectivity index (χ0) is 17.6. The second-order valence-corrected chi connectivity index (χ2v) is 6.49. The molecule has 0 spiro atoms. The van der Waals surface area contributed by atoms with Crippen molar-refractivity contribution in [2.45, 2.75) is 31.8 Å². The number of ether oxygens (including phenoxy) is 1. The summed E-state index contributed by atoms with van der Waals surface area (Å²) in [5.41, 5.74) is 7.39. The molecule has 1 aromatic rings. The summed E-state index contributed by atoms with van der Waals surface area (Å²) >= 11 is 0. The summed E-state index contributed by atoms with van der Waals surface area (Å²) < 4.78 is 5.03. The number of likely N-dealkylation sites (tertiary alicyclic amines) is 1. The fourth-order valence-corrected chi connectivity index (χ4v) is 3.45. The molecule has 136 valence electrons.